The van der Waals surface area contributed by atoms with Crippen molar-refractivity contribution in [3.05, 3.63) is 54.1 Å². The average molecular weight is 429 g/mol. The third kappa shape index (κ3) is 5.80. The fourth-order valence-electron chi connectivity index (χ4n) is 3.41. The molecule has 0 bridgehead atoms. The number of carbonyl (C=O) groups excluding carboxylic acids is 1. The standard InChI is InChI=1S/C23H29FN4O3/c1-4-30-12-11-28-20-13-18(31-17-7-5-16(24)6-8-17)9-10-19(20)27-21(28)14-26-22(15(2)3)23(25)29/h5-10,13,15,22,26H,4,11-12,14H2,1-3H3,(H2,25,29)/t22-/m0/s1. The molecule has 1 heterocycles. The Morgan fingerprint density at radius 3 is 2.55 bits per heavy atom. The summed E-state index contributed by atoms with van der Waals surface area (Å²) in [5.41, 5.74) is 7.22. The van der Waals surface area contributed by atoms with Gasteiger partial charge in [0.05, 0.1) is 30.2 Å². The Morgan fingerprint density at radius 2 is 1.90 bits per heavy atom. The van der Waals surface area contributed by atoms with Crippen molar-refractivity contribution in [2.24, 2.45) is 11.7 Å². The summed E-state index contributed by atoms with van der Waals surface area (Å²) in [5, 5.41) is 3.22. The zero-order valence-electron chi connectivity index (χ0n) is 18.1. The number of nitrogens with two attached hydrogens (primary N) is 1. The van der Waals surface area contributed by atoms with Crippen molar-refractivity contribution in [3.63, 3.8) is 0 Å². The summed E-state index contributed by atoms with van der Waals surface area (Å²) in [6.07, 6.45) is 0. The van der Waals surface area contributed by atoms with Gasteiger partial charge in [0, 0.05) is 19.2 Å². The minimum Gasteiger partial charge on any atom is -0.457 e. The van der Waals surface area contributed by atoms with Gasteiger partial charge in [-0.05, 0) is 49.2 Å². The molecule has 0 unspecified atom stereocenters. The molecule has 0 radical (unpaired) electrons. The maximum Gasteiger partial charge on any atom is 0.234 e. The third-order valence-corrected chi connectivity index (χ3v) is 4.96. The van der Waals surface area contributed by atoms with Crippen molar-refractivity contribution in [2.45, 2.75) is 39.9 Å². The van der Waals surface area contributed by atoms with Crippen LogP contribution in [0.1, 0.15) is 26.6 Å². The Kier molecular flexibility index (Phi) is 7.59. The number of imidazole rings is 1. The molecule has 0 spiro atoms. The topological polar surface area (TPSA) is 91.4 Å². The average Bonchev–Trinajstić information content (AvgIpc) is 3.06. The summed E-state index contributed by atoms with van der Waals surface area (Å²) in [6, 6.07) is 11.0. The van der Waals surface area contributed by atoms with Crippen LogP contribution in [-0.2, 0) is 22.6 Å². The molecule has 0 aliphatic heterocycles. The second kappa shape index (κ2) is 10.4. The first-order chi connectivity index (χ1) is 14.9. The summed E-state index contributed by atoms with van der Waals surface area (Å²) in [7, 11) is 0. The van der Waals surface area contributed by atoms with E-state index in [1.807, 2.05) is 43.5 Å². The molecule has 0 saturated carbocycles. The molecule has 3 aromatic rings. The number of nitrogens with one attached hydrogen (secondary N) is 1. The van der Waals surface area contributed by atoms with Gasteiger partial charge in [-0.25, -0.2) is 9.37 Å². The summed E-state index contributed by atoms with van der Waals surface area (Å²) in [5.74, 6) is 1.30. The number of nitrogens with zero attached hydrogens (tertiary/aromatic N) is 2. The van der Waals surface area contributed by atoms with Gasteiger partial charge >= 0.3 is 0 Å². The van der Waals surface area contributed by atoms with Crippen LogP contribution in [0.4, 0.5) is 4.39 Å². The van der Waals surface area contributed by atoms with Crippen LogP contribution in [-0.4, -0.2) is 34.7 Å². The number of rotatable bonds is 11. The van der Waals surface area contributed by atoms with E-state index in [9.17, 15) is 9.18 Å². The highest BCUT2D eigenvalue weighted by atomic mass is 19.1. The fraction of sp³-hybridized carbons (Fsp3) is 0.391. The van der Waals surface area contributed by atoms with E-state index in [4.69, 9.17) is 20.2 Å². The molecule has 0 aliphatic carbocycles. The molecule has 3 rings (SSSR count). The lowest BCUT2D eigenvalue weighted by Gasteiger charge is -2.19. The van der Waals surface area contributed by atoms with Crippen LogP contribution >= 0.6 is 0 Å². The number of halogens is 1. The van der Waals surface area contributed by atoms with E-state index in [2.05, 4.69) is 5.32 Å². The van der Waals surface area contributed by atoms with Crippen LogP contribution in [0, 0.1) is 11.7 Å². The maximum absolute atomic E-state index is 13.2. The van der Waals surface area contributed by atoms with Gasteiger partial charge in [-0.1, -0.05) is 13.8 Å². The number of benzene rings is 2. The van der Waals surface area contributed by atoms with Crippen LogP contribution < -0.4 is 15.8 Å². The first kappa shape index (κ1) is 22.7. The van der Waals surface area contributed by atoms with Crippen molar-refractivity contribution in [1.29, 1.82) is 0 Å². The van der Waals surface area contributed by atoms with Crippen LogP contribution in [0.25, 0.3) is 11.0 Å². The Morgan fingerprint density at radius 1 is 1.19 bits per heavy atom. The molecule has 31 heavy (non-hydrogen) atoms. The number of fused-ring (bicyclic) bond motifs is 1. The highest BCUT2D eigenvalue weighted by molar-refractivity contribution is 5.80. The van der Waals surface area contributed by atoms with E-state index < -0.39 is 6.04 Å². The zero-order valence-corrected chi connectivity index (χ0v) is 18.1. The number of ether oxygens (including phenoxy) is 2. The molecule has 1 aromatic heterocycles. The van der Waals surface area contributed by atoms with Crippen LogP contribution in [0.2, 0.25) is 0 Å². The lowest BCUT2D eigenvalue weighted by atomic mass is 10.0. The minimum atomic E-state index is -0.447. The van der Waals surface area contributed by atoms with Gasteiger partial charge in [-0.2, -0.15) is 0 Å². The molecule has 7 nitrogen and oxygen atoms in total. The molecule has 0 aliphatic rings. The van der Waals surface area contributed by atoms with Gasteiger partial charge in [0.2, 0.25) is 5.91 Å². The van der Waals surface area contributed by atoms with E-state index in [0.717, 1.165) is 16.9 Å². The Hall–Kier alpha value is -2.97. The number of aromatic nitrogens is 2. The van der Waals surface area contributed by atoms with Crippen LogP contribution in [0.3, 0.4) is 0 Å². The molecular formula is C23H29FN4O3. The Balaban J connectivity index is 1.88. The summed E-state index contributed by atoms with van der Waals surface area (Å²) in [4.78, 5) is 16.5. The molecule has 2 aromatic carbocycles. The highest BCUT2D eigenvalue weighted by Gasteiger charge is 2.20. The Bertz CT molecular complexity index is 1020. The van der Waals surface area contributed by atoms with Gasteiger partial charge < -0.3 is 19.8 Å². The molecule has 3 N–H and O–H groups in total. The van der Waals surface area contributed by atoms with Gasteiger partial charge in [0.25, 0.3) is 0 Å². The number of amides is 1. The van der Waals surface area contributed by atoms with E-state index in [0.29, 0.717) is 37.8 Å². The number of hydrogen-bond donors (Lipinski definition) is 2. The van der Waals surface area contributed by atoms with Crippen molar-refractivity contribution in [1.82, 2.24) is 14.9 Å². The van der Waals surface area contributed by atoms with Crippen molar-refractivity contribution in [3.8, 4) is 11.5 Å². The quantitative estimate of drug-likeness (QED) is 0.455. The smallest absolute Gasteiger partial charge is 0.234 e. The number of hydrogen-bond acceptors (Lipinski definition) is 5. The predicted molar refractivity (Wildman–Crippen MR) is 117 cm³/mol. The lowest BCUT2D eigenvalue weighted by Crippen LogP contribution is -2.44. The number of primary amides is 1. The normalized spacial score (nSPS) is 12.4. The van der Waals surface area contributed by atoms with E-state index in [1.165, 1.54) is 12.1 Å². The van der Waals surface area contributed by atoms with Crippen LogP contribution in [0.5, 0.6) is 11.5 Å². The molecular weight excluding hydrogens is 399 g/mol. The summed E-state index contributed by atoms with van der Waals surface area (Å²) in [6.45, 7) is 7.98. The van der Waals surface area contributed by atoms with Crippen LogP contribution in [0.15, 0.2) is 42.5 Å². The van der Waals surface area contributed by atoms with E-state index in [-0.39, 0.29) is 17.6 Å². The molecule has 8 heteroatoms. The minimum absolute atomic E-state index is 0.0643. The molecule has 0 fully saturated rings. The molecule has 1 atom stereocenters. The summed E-state index contributed by atoms with van der Waals surface area (Å²) < 4.78 is 26.6. The second-order valence-corrected chi connectivity index (χ2v) is 7.59. The van der Waals surface area contributed by atoms with Gasteiger partial charge in [-0.15, -0.1) is 0 Å². The molecule has 1 amide bonds. The summed E-state index contributed by atoms with van der Waals surface area (Å²) >= 11 is 0. The largest absolute Gasteiger partial charge is 0.457 e. The second-order valence-electron chi connectivity index (χ2n) is 7.59. The maximum atomic E-state index is 13.2. The molecule has 0 saturated heterocycles. The monoisotopic (exact) mass is 428 g/mol. The van der Waals surface area contributed by atoms with E-state index >= 15 is 0 Å². The van der Waals surface area contributed by atoms with Crippen molar-refractivity contribution in [2.75, 3.05) is 13.2 Å². The highest BCUT2D eigenvalue weighted by Crippen LogP contribution is 2.27. The Labute approximate surface area is 181 Å². The predicted octanol–water partition coefficient (Wildman–Crippen LogP) is 3.60. The fourth-order valence-corrected chi connectivity index (χ4v) is 3.41. The number of carbonyl (C=O) groups is 1. The first-order valence-electron chi connectivity index (χ1n) is 10.4. The van der Waals surface area contributed by atoms with E-state index in [1.54, 1.807) is 12.1 Å². The van der Waals surface area contributed by atoms with Crippen molar-refractivity contribution >= 4 is 16.9 Å². The molecule has 166 valence electrons. The van der Waals surface area contributed by atoms with Crippen molar-refractivity contribution < 1.29 is 18.7 Å². The zero-order chi connectivity index (χ0) is 22.4. The third-order valence-electron chi connectivity index (χ3n) is 4.96. The van der Waals surface area contributed by atoms with Gasteiger partial charge in [0.15, 0.2) is 0 Å². The van der Waals surface area contributed by atoms with Gasteiger partial charge in [-0.3, -0.25) is 10.1 Å². The SMILES string of the molecule is CCOCCn1c(CN[C@H](C(N)=O)C(C)C)nc2ccc(Oc3ccc(F)cc3)cc21. The first-order valence-corrected chi connectivity index (χ1v) is 10.4. The lowest BCUT2D eigenvalue weighted by molar-refractivity contribution is -0.121. The van der Waals surface area contributed by atoms with Gasteiger partial charge in [0.1, 0.15) is 23.1 Å².